The van der Waals surface area contributed by atoms with Crippen LogP contribution in [0.4, 0.5) is 14.5 Å². The van der Waals surface area contributed by atoms with E-state index in [2.05, 4.69) is 10.6 Å². The second-order valence-electron chi connectivity index (χ2n) is 10.0. The topological polar surface area (TPSA) is 67.4 Å². The summed E-state index contributed by atoms with van der Waals surface area (Å²) in [7, 11) is 0. The summed E-state index contributed by atoms with van der Waals surface area (Å²) in [5.41, 5.74) is 0.599. The number of carbonyl (C=O) groups excluding carboxylic acids is 2. The van der Waals surface area contributed by atoms with Gasteiger partial charge in [-0.3, -0.25) is 9.59 Å². The quantitative estimate of drug-likeness (QED) is 0.430. The predicted octanol–water partition coefficient (Wildman–Crippen LogP) is 6.17. The van der Waals surface area contributed by atoms with Gasteiger partial charge < -0.3 is 15.4 Å². The normalized spacial score (nSPS) is 25.2. The third-order valence-corrected chi connectivity index (χ3v) is 8.12. The average molecular weight is 523 g/mol. The van der Waals surface area contributed by atoms with E-state index in [1.165, 1.54) is 24.3 Å². The van der Waals surface area contributed by atoms with E-state index in [-0.39, 0.29) is 24.3 Å². The second-order valence-corrected chi connectivity index (χ2v) is 10.5. The Balaban J connectivity index is 1.59. The van der Waals surface area contributed by atoms with Crippen LogP contribution in [0.5, 0.6) is 5.75 Å². The van der Waals surface area contributed by atoms with Crippen molar-refractivity contribution in [2.75, 3.05) is 5.32 Å². The fraction of sp³-hybridized carbons (Fsp3) is 0.310. The summed E-state index contributed by atoms with van der Waals surface area (Å²) >= 11 is 6.25. The van der Waals surface area contributed by atoms with E-state index < -0.39 is 29.0 Å². The van der Waals surface area contributed by atoms with Crippen molar-refractivity contribution in [3.8, 4) is 5.75 Å². The van der Waals surface area contributed by atoms with Crippen molar-refractivity contribution in [1.82, 2.24) is 5.32 Å². The molecule has 0 aromatic heterocycles. The minimum Gasteiger partial charge on any atom is -0.490 e. The van der Waals surface area contributed by atoms with Crippen molar-refractivity contribution in [3.63, 3.8) is 0 Å². The molecule has 6 rings (SSSR count). The average Bonchev–Trinajstić information content (AvgIpc) is 3.47. The van der Waals surface area contributed by atoms with Crippen LogP contribution >= 0.6 is 11.6 Å². The van der Waals surface area contributed by atoms with E-state index in [4.69, 9.17) is 16.3 Å². The number of piperidine rings is 1. The van der Waals surface area contributed by atoms with Gasteiger partial charge in [0, 0.05) is 28.6 Å². The number of halogens is 3. The van der Waals surface area contributed by atoms with Crippen LogP contribution in [0, 0.1) is 11.6 Å². The molecule has 3 aromatic carbocycles. The van der Waals surface area contributed by atoms with Crippen molar-refractivity contribution >= 4 is 29.1 Å². The van der Waals surface area contributed by atoms with Crippen molar-refractivity contribution in [3.05, 3.63) is 94.0 Å². The Morgan fingerprint density at radius 2 is 1.73 bits per heavy atom. The zero-order valence-electron chi connectivity index (χ0n) is 19.9. The molecule has 5 nitrogen and oxygen atoms in total. The van der Waals surface area contributed by atoms with Gasteiger partial charge in [0.25, 0.3) is 0 Å². The maximum atomic E-state index is 14.8. The molecule has 1 aliphatic carbocycles. The number of hydrogen-bond acceptors (Lipinski definition) is 3. The molecule has 1 spiro atoms. The molecule has 0 radical (unpaired) electrons. The highest BCUT2D eigenvalue weighted by Crippen LogP contribution is 2.58. The third kappa shape index (κ3) is 3.96. The van der Waals surface area contributed by atoms with E-state index in [9.17, 15) is 18.4 Å². The summed E-state index contributed by atoms with van der Waals surface area (Å²) in [4.78, 5) is 27.3. The molecule has 2 heterocycles. The zero-order chi connectivity index (χ0) is 25.7. The van der Waals surface area contributed by atoms with E-state index in [0.717, 1.165) is 25.7 Å². The predicted molar refractivity (Wildman–Crippen MR) is 136 cm³/mol. The van der Waals surface area contributed by atoms with Crippen molar-refractivity contribution in [1.29, 1.82) is 0 Å². The first kappa shape index (κ1) is 23.9. The van der Waals surface area contributed by atoms with Crippen molar-refractivity contribution in [2.24, 2.45) is 0 Å². The van der Waals surface area contributed by atoms with E-state index in [1.54, 1.807) is 36.4 Å². The molecular weight excluding hydrogens is 498 g/mol. The summed E-state index contributed by atoms with van der Waals surface area (Å²) < 4.78 is 35.5. The summed E-state index contributed by atoms with van der Waals surface area (Å²) in [6, 6.07) is 14.3. The van der Waals surface area contributed by atoms with E-state index in [1.807, 2.05) is 0 Å². The first-order valence-electron chi connectivity index (χ1n) is 12.5. The SMILES string of the molecule is O=C1C[C@@H](c2cccc(F)c2)[C@]2(C(=O)Nc3cc(Cl)ccc32)[C@@H](c2cc(F)ccc2OC2CCCC2)N1. The molecule has 190 valence electrons. The van der Waals surface area contributed by atoms with Crippen LogP contribution in [0.15, 0.2) is 60.7 Å². The fourth-order valence-electron chi connectivity index (χ4n) is 6.31. The minimum atomic E-state index is -1.40. The number of rotatable bonds is 4. The maximum Gasteiger partial charge on any atom is 0.238 e. The van der Waals surface area contributed by atoms with Gasteiger partial charge in [-0.25, -0.2) is 8.78 Å². The summed E-state index contributed by atoms with van der Waals surface area (Å²) in [6.07, 6.45) is 3.78. The van der Waals surface area contributed by atoms with Gasteiger partial charge in [0.1, 0.15) is 22.8 Å². The highest BCUT2D eigenvalue weighted by atomic mass is 35.5. The molecule has 2 fully saturated rings. The third-order valence-electron chi connectivity index (χ3n) is 7.88. The van der Waals surface area contributed by atoms with Crippen LogP contribution in [0.25, 0.3) is 0 Å². The van der Waals surface area contributed by atoms with E-state index in [0.29, 0.717) is 33.1 Å². The van der Waals surface area contributed by atoms with Crippen LogP contribution in [0.3, 0.4) is 0 Å². The lowest BCUT2D eigenvalue weighted by atomic mass is 9.59. The number of hydrogen-bond donors (Lipinski definition) is 2. The molecular formula is C29H25ClF2N2O3. The fourth-order valence-corrected chi connectivity index (χ4v) is 6.48. The first-order valence-corrected chi connectivity index (χ1v) is 12.9. The van der Waals surface area contributed by atoms with Crippen LogP contribution in [0.2, 0.25) is 5.02 Å². The van der Waals surface area contributed by atoms with Gasteiger partial charge in [-0.15, -0.1) is 0 Å². The molecule has 1 saturated carbocycles. The molecule has 37 heavy (non-hydrogen) atoms. The Morgan fingerprint density at radius 3 is 2.51 bits per heavy atom. The monoisotopic (exact) mass is 522 g/mol. The molecule has 2 amide bonds. The van der Waals surface area contributed by atoms with E-state index >= 15 is 0 Å². The smallest absolute Gasteiger partial charge is 0.238 e. The van der Waals surface area contributed by atoms with Gasteiger partial charge >= 0.3 is 0 Å². The van der Waals surface area contributed by atoms with Gasteiger partial charge in [0.2, 0.25) is 11.8 Å². The highest BCUT2D eigenvalue weighted by Gasteiger charge is 2.61. The molecule has 1 saturated heterocycles. The number of anilines is 1. The number of benzene rings is 3. The van der Waals surface area contributed by atoms with Gasteiger partial charge in [0.15, 0.2) is 0 Å². The van der Waals surface area contributed by atoms with Crippen LogP contribution in [-0.4, -0.2) is 17.9 Å². The first-order chi connectivity index (χ1) is 17.9. The molecule has 2 N–H and O–H groups in total. The molecule has 0 bridgehead atoms. The van der Waals surface area contributed by atoms with Gasteiger partial charge in [-0.05, 0) is 79.3 Å². The number of amides is 2. The molecule has 8 heteroatoms. The zero-order valence-corrected chi connectivity index (χ0v) is 20.7. The Kier molecular flexibility index (Phi) is 5.91. The van der Waals surface area contributed by atoms with Gasteiger partial charge in [-0.1, -0.05) is 29.8 Å². The maximum absolute atomic E-state index is 14.8. The largest absolute Gasteiger partial charge is 0.490 e. The standard InChI is InChI=1S/C29H25ClF2N2O3/c30-17-8-10-22-24(13-17)33-28(36)29(22)23(16-4-3-5-18(31)12-16)15-26(35)34-27(29)21-14-19(32)9-11-25(21)37-20-6-1-2-7-20/h3-5,8-14,20,23,27H,1-2,6-7,15H2,(H,33,36)(H,34,35)/t23-,27+,29-/m0/s1. The summed E-state index contributed by atoms with van der Waals surface area (Å²) in [5.74, 6) is -1.99. The minimum absolute atomic E-state index is 0.0260. The van der Waals surface area contributed by atoms with Crippen LogP contribution in [0.1, 0.15) is 60.8 Å². The highest BCUT2D eigenvalue weighted by molar-refractivity contribution is 6.31. The Bertz CT molecular complexity index is 1410. The van der Waals surface area contributed by atoms with Gasteiger partial charge in [0.05, 0.1) is 12.1 Å². The number of carbonyl (C=O) groups is 2. The Morgan fingerprint density at radius 1 is 0.946 bits per heavy atom. The molecule has 2 aliphatic heterocycles. The second kappa shape index (κ2) is 9.14. The molecule has 3 aromatic rings. The lowest BCUT2D eigenvalue weighted by molar-refractivity contribution is -0.131. The Labute approximate surface area is 218 Å². The number of ether oxygens (including phenoxy) is 1. The number of fused-ring (bicyclic) bond motifs is 2. The summed E-state index contributed by atoms with van der Waals surface area (Å²) in [5, 5.41) is 6.35. The molecule has 0 unspecified atom stereocenters. The molecule has 3 aliphatic rings. The van der Waals surface area contributed by atoms with Gasteiger partial charge in [-0.2, -0.15) is 0 Å². The Hall–Kier alpha value is -3.45. The van der Waals surface area contributed by atoms with Crippen molar-refractivity contribution < 1.29 is 23.1 Å². The number of nitrogens with one attached hydrogen (secondary N) is 2. The molecule has 3 atom stereocenters. The lowest BCUT2D eigenvalue weighted by Crippen LogP contribution is -2.57. The van der Waals surface area contributed by atoms with Crippen LogP contribution < -0.4 is 15.4 Å². The lowest BCUT2D eigenvalue weighted by Gasteiger charge is -2.46. The van der Waals surface area contributed by atoms with Crippen LogP contribution in [-0.2, 0) is 15.0 Å². The summed E-state index contributed by atoms with van der Waals surface area (Å²) in [6.45, 7) is 0. The van der Waals surface area contributed by atoms with Crippen molar-refractivity contribution in [2.45, 2.75) is 55.6 Å².